The van der Waals surface area contributed by atoms with Gasteiger partial charge in [0.15, 0.2) is 5.65 Å². The number of carbonyl (C=O) groups excluding carboxylic acids is 2. The van der Waals surface area contributed by atoms with Gasteiger partial charge in [0.05, 0.1) is 12.7 Å². The second kappa shape index (κ2) is 8.48. The summed E-state index contributed by atoms with van der Waals surface area (Å²) >= 11 is 0. The summed E-state index contributed by atoms with van der Waals surface area (Å²) in [4.78, 5) is 33.5. The van der Waals surface area contributed by atoms with E-state index in [4.69, 9.17) is 0 Å². The molecule has 3 heterocycles. The van der Waals surface area contributed by atoms with Gasteiger partial charge in [0, 0.05) is 31.0 Å². The lowest BCUT2D eigenvalue weighted by Crippen LogP contribution is -2.42. The topological polar surface area (TPSA) is 89.4 Å². The van der Waals surface area contributed by atoms with E-state index in [0.29, 0.717) is 24.1 Å². The number of ether oxygens (including phenoxy) is 1. The highest BCUT2D eigenvalue weighted by Crippen LogP contribution is 2.36. The zero-order valence-electron chi connectivity index (χ0n) is 17.1. The Morgan fingerprint density at radius 2 is 1.81 bits per heavy atom. The first-order chi connectivity index (χ1) is 15.3. The van der Waals surface area contributed by atoms with Crippen LogP contribution in [-0.4, -0.2) is 51.6 Å². The van der Waals surface area contributed by atoms with Gasteiger partial charge >= 0.3 is 18.2 Å². The van der Waals surface area contributed by atoms with Gasteiger partial charge in [-0.25, -0.2) is 19.6 Å². The molecule has 1 N–H and O–H groups in total. The largest absolute Gasteiger partial charge is 0.465 e. The van der Waals surface area contributed by atoms with Crippen LogP contribution >= 0.6 is 0 Å². The molecule has 3 aromatic rings. The van der Waals surface area contributed by atoms with Gasteiger partial charge in [-0.2, -0.15) is 13.2 Å². The van der Waals surface area contributed by atoms with Gasteiger partial charge in [-0.3, -0.25) is 0 Å². The smallest absolute Gasteiger partial charge is 0.449 e. The first-order valence-corrected chi connectivity index (χ1v) is 9.92. The van der Waals surface area contributed by atoms with Crippen LogP contribution in [0.2, 0.25) is 0 Å². The summed E-state index contributed by atoms with van der Waals surface area (Å²) in [5.74, 6) is -1.45. The second-order valence-corrected chi connectivity index (χ2v) is 7.37. The molecule has 0 unspecified atom stereocenters. The van der Waals surface area contributed by atoms with Crippen molar-refractivity contribution < 1.29 is 27.5 Å². The van der Waals surface area contributed by atoms with Gasteiger partial charge < -0.3 is 19.5 Å². The second-order valence-electron chi connectivity index (χ2n) is 7.37. The van der Waals surface area contributed by atoms with Gasteiger partial charge in [0.1, 0.15) is 5.52 Å². The predicted molar refractivity (Wildman–Crippen MR) is 109 cm³/mol. The van der Waals surface area contributed by atoms with Crippen LogP contribution in [0.5, 0.6) is 0 Å². The van der Waals surface area contributed by atoms with Gasteiger partial charge in [0.2, 0.25) is 5.82 Å². The third kappa shape index (κ3) is 4.23. The number of piperidine rings is 1. The van der Waals surface area contributed by atoms with Gasteiger partial charge in [0.25, 0.3) is 0 Å². The molecule has 11 heteroatoms. The predicted octanol–water partition coefficient (Wildman–Crippen LogP) is 4.11. The zero-order valence-corrected chi connectivity index (χ0v) is 17.1. The third-order valence-corrected chi connectivity index (χ3v) is 5.38. The van der Waals surface area contributed by atoms with Gasteiger partial charge in [-0.1, -0.05) is 0 Å². The van der Waals surface area contributed by atoms with Crippen molar-refractivity contribution in [2.75, 3.05) is 25.5 Å². The number of aromatic nitrogens is 3. The first kappa shape index (κ1) is 21.6. The van der Waals surface area contributed by atoms with Gasteiger partial charge in [-0.05, 0) is 49.2 Å². The molecule has 1 aliphatic heterocycles. The number of amides is 2. The molecule has 8 nitrogen and oxygen atoms in total. The Kier molecular flexibility index (Phi) is 5.72. The molecule has 1 aromatic carbocycles. The number of alkyl halides is 3. The number of hydrogen-bond donors (Lipinski definition) is 1. The molecule has 0 saturated carbocycles. The molecule has 1 fully saturated rings. The number of anilines is 1. The Bertz CT molecular complexity index is 1140. The Balaban J connectivity index is 1.44. The fourth-order valence-corrected chi connectivity index (χ4v) is 3.81. The Morgan fingerprint density at radius 1 is 1.12 bits per heavy atom. The summed E-state index contributed by atoms with van der Waals surface area (Å²) in [6.07, 6.45) is -2.50. The number of fused-ring (bicyclic) bond motifs is 1. The molecule has 2 amide bonds. The molecule has 4 rings (SSSR count). The van der Waals surface area contributed by atoms with E-state index in [1.807, 2.05) is 0 Å². The summed E-state index contributed by atoms with van der Waals surface area (Å²) < 4.78 is 46.5. The van der Waals surface area contributed by atoms with E-state index < -0.39 is 24.0 Å². The molecule has 1 aliphatic rings. The number of imidazole rings is 1. The molecule has 168 valence electrons. The molecular formula is C21H20F3N5O3. The van der Waals surface area contributed by atoms with E-state index in [0.717, 1.165) is 4.57 Å². The van der Waals surface area contributed by atoms with Crippen LogP contribution in [0.3, 0.4) is 0 Å². The van der Waals surface area contributed by atoms with Crippen LogP contribution in [0.4, 0.5) is 23.7 Å². The van der Waals surface area contributed by atoms with E-state index in [1.54, 1.807) is 23.1 Å². The molecule has 0 aliphatic carbocycles. The minimum atomic E-state index is -4.61. The highest BCUT2D eigenvalue weighted by molar-refractivity contribution is 5.92. The Hall–Kier alpha value is -3.63. The number of pyridine rings is 1. The molecule has 32 heavy (non-hydrogen) atoms. The van der Waals surface area contributed by atoms with Crippen LogP contribution in [0.15, 0.2) is 42.6 Å². The molecule has 1 saturated heterocycles. The number of rotatable bonds is 3. The summed E-state index contributed by atoms with van der Waals surface area (Å²) in [5, 5.41) is 2.73. The lowest BCUT2D eigenvalue weighted by atomic mass is 10.0. The standard InChI is InChI=1S/C21H20F3N5O3/c1-32-18(30)13-4-6-14(7-5-13)26-20(31)28-11-8-15(9-12-28)29-17-16(3-2-10-25-17)27-19(29)21(22,23)24/h2-7,10,15H,8-9,11-12H2,1H3,(H,26,31). The fourth-order valence-electron chi connectivity index (χ4n) is 3.81. The maximum Gasteiger partial charge on any atom is 0.449 e. The van der Waals surface area contributed by atoms with Crippen molar-refractivity contribution in [3.8, 4) is 0 Å². The normalized spacial score (nSPS) is 15.1. The Morgan fingerprint density at radius 3 is 2.44 bits per heavy atom. The Labute approximate surface area is 181 Å². The van der Waals surface area contributed by atoms with Crippen molar-refractivity contribution in [2.24, 2.45) is 0 Å². The highest BCUT2D eigenvalue weighted by atomic mass is 19.4. The molecule has 0 radical (unpaired) electrons. The van der Waals surface area contributed by atoms with Crippen molar-refractivity contribution in [3.05, 3.63) is 54.0 Å². The number of nitrogens with zero attached hydrogens (tertiary/aromatic N) is 4. The minimum absolute atomic E-state index is 0.188. The minimum Gasteiger partial charge on any atom is -0.465 e. The fraction of sp³-hybridized carbons (Fsp3) is 0.333. The van der Waals surface area contributed by atoms with E-state index in [2.05, 4.69) is 20.0 Å². The number of halogens is 3. The average molecular weight is 447 g/mol. The maximum atomic E-state index is 13.6. The van der Waals surface area contributed by atoms with Crippen molar-refractivity contribution >= 4 is 28.9 Å². The SMILES string of the molecule is COC(=O)c1ccc(NC(=O)N2CCC(n3c(C(F)(F)F)nc4cccnc43)CC2)cc1. The number of esters is 1. The molecule has 0 bridgehead atoms. The van der Waals surface area contributed by atoms with Crippen molar-refractivity contribution in [3.63, 3.8) is 0 Å². The summed E-state index contributed by atoms with van der Waals surface area (Å²) in [7, 11) is 1.28. The summed E-state index contributed by atoms with van der Waals surface area (Å²) in [5.41, 5.74) is 1.23. The van der Waals surface area contributed by atoms with Crippen molar-refractivity contribution in [1.29, 1.82) is 0 Å². The summed E-state index contributed by atoms with van der Waals surface area (Å²) in [6, 6.07) is 8.43. The van der Waals surface area contributed by atoms with Crippen molar-refractivity contribution in [1.82, 2.24) is 19.4 Å². The number of benzene rings is 1. The average Bonchev–Trinajstić information content (AvgIpc) is 3.19. The van der Waals surface area contributed by atoms with E-state index in [9.17, 15) is 22.8 Å². The number of methoxy groups -OCH3 is 1. The van der Waals surface area contributed by atoms with Crippen LogP contribution in [0.25, 0.3) is 11.2 Å². The lowest BCUT2D eigenvalue weighted by Gasteiger charge is -2.33. The number of hydrogen-bond acceptors (Lipinski definition) is 5. The monoisotopic (exact) mass is 447 g/mol. The van der Waals surface area contributed by atoms with Crippen LogP contribution < -0.4 is 5.32 Å². The van der Waals surface area contributed by atoms with Crippen LogP contribution in [0.1, 0.15) is 35.1 Å². The summed E-state index contributed by atoms with van der Waals surface area (Å²) in [6.45, 7) is 0.557. The highest BCUT2D eigenvalue weighted by Gasteiger charge is 2.40. The number of nitrogens with one attached hydrogen (secondary N) is 1. The number of urea groups is 1. The van der Waals surface area contributed by atoms with Gasteiger partial charge in [-0.15, -0.1) is 0 Å². The van der Waals surface area contributed by atoms with E-state index >= 15 is 0 Å². The maximum absolute atomic E-state index is 13.6. The van der Waals surface area contributed by atoms with Crippen LogP contribution in [0, 0.1) is 0 Å². The first-order valence-electron chi connectivity index (χ1n) is 9.92. The third-order valence-electron chi connectivity index (χ3n) is 5.38. The molecule has 0 atom stereocenters. The lowest BCUT2D eigenvalue weighted by molar-refractivity contribution is -0.147. The molecule has 2 aromatic heterocycles. The quantitative estimate of drug-likeness (QED) is 0.611. The van der Waals surface area contributed by atoms with Crippen molar-refractivity contribution in [2.45, 2.75) is 25.1 Å². The van der Waals surface area contributed by atoms with E-state index in [1.165, 1.54) is 31.5 Å². The number of carbonyl (C=O) groups is 2. The molecular weight excluding hydrogens is 427 g/mol. The molecule has 0 spiro atoms. The zero-order chi connectivity index (χ0) is 22.9. The van der Waals surface area contributed by atoms with Crippen LogP contribution in [-0.2, 0) is 10.9 Å². The number of likely N-dealkylation sites (tertiary alicyclic amines) is 1. The van der Waals surface area contributed by atoms with E-state index in [-0.39, 0.29) is 30.3 Å².